The molecule has 1 N–H and O–H groups in total. The third-order valence-electron chi connectivity index (χ3n) is 5.65. The highest BCUT2D eigenvalue weighted by atomic mass is 32.1. The molecule has 0 bridgehead atoms. The van der Waals surface area contributed by atoms with Gasteiger partial charge in [0.2, 0.25) is 0 Å². The third kappa shape index (κ3) is 5.85. The van der Waals surface area contributed by atoms with E-state index in [0.29, 0.717) is 11.3 Å². The van der Waals surface area contributed by atoms with Crippen LogP contribution >= 0.6 is 11.3 Å². The molecule has 2 aliphatic rings. The summed E-state index contributed by atoms with van der Waals surface area (Å²) in [7, 11) is 0. The Kier molecular flexibility index (Phi) is 7.05. The molecule has 170 valence electrons. The van der Waals surface area contributed by atoms with E-state index in [1.807, 2.05) is 16.2 Å². The molecule has 0 aliphatic carbocycles. The number of likely N-dealkylation sites (tertiary alicyclic amines) is 2. The summed E-state index contributed by atoms with van der Waals surface area (Å²) in [5.74, 6) is -2.07. The normalized spacial score (nSPS) is 21.7. The molecule has 1 atom stereocenters. The Morgan fingerprint density at radius 1 is 1.29 bits per heavy atom. The van der Waals surface area contributed by atoms with Crippen LogP contribution in [0.15, 0.2) is 28.2 Å². The molecule has 1 spiro atoms. The first-order valence-electron chi connectivity index (χ1n) is 9.85. The van der Waals surface area contributed by atoms with Gasteiger partial charge < -0.3 is 14.5 Å². The highest BCUT2D eigenvalue weighted by molar-refractivity contribution is 7.09. The fraction of sp³-hybridized carbons (Fsp3) is 0.550. The summed E-state index contributed by atoms with van der Waals surface area (Å²) in [5, 5.41) is 13.0. The van der Waals surface area contributed by atoms with Crippen LogP contribution in [0, 0.1) is 12.3 Å². The Balaban J connectivity index is 0.000000339. The second kappa shape index (κ2) is 9.39. The number of carboxylic acids is 1. The van der Waals surface area contributed by atoms with Crippen LogP contribution in [0.1, 0.15) is 40.3 Å². The second-order valence-electron chi connectivity index (χ2n) is 7.97. The highest BCUT2D eigenvalue weighted by Crippen LogP contribution is 2.40. The predicted molar refractivity (Wildman–Crippen MR) is 107 cm³/mol. The minimum absolute atomic E-state index is 0.0704. The first-order chi connectivity index (χ1) is 14.6. The highest BCUT2D eigenvalue weighted by Gasteiger charge is 2.43. The monoisotopic (exact) mass is 459 g/mol. The molecule has 4 heterocycles. The molecule has 0 radical (unpaired) electrons. The van der Waals surface area contributed by atoms with Crippen LogP contribution in [0.5, 0.6) is 0 Å². The molecular formula is C20H24F3N3O4S. The van der Waals surface area contributed by atoms with Crippen molar-refractivity contribution < 1.29 is 32.4 Å². The Hall–Kier alpha value is -2.40. The standard InChI is InChI=1S/C18H23N3O2S.C2HF3O2/c1-14-16(10-19-23-14)17(22)21-8-6-18(13-21)5-3-7-20(12-18)11-15-4-2-9-24-15;3-2(4,5)1(6)7/h2,4,9-10H,3,5-8,11-13H2,1H3;(H,6,7). The summed E-state index contributed by atoms with van der Waals surface area (Å²) in [6.45, 7) is 6.80. The fourth-order valence-corrected chi connectivity index (χ4v) is 4.93. The number of carboxylic acid groups (broad SMARTS) is 1. The van der Waals surface area contributed by atoms with Crippen molar-refractivity contribution in [1.82, 2.24) is 15.0 Å². The second-order valence-corrected chi connectivity index (χ2v) is 9.00. The van der Waals surface area contributed by atoms with Crippen LogP contribution < -0.4 is 0 Å². The Morgan fingerprint density at radius 3 is 2.61 bits per heavy atom. The van der Waals surface area contributed by atoms with Crippen LogP contribution in [-0.2, 0) is 11.3 Å². The van der Waals surface area contributed by atoms with Crippen molar-refractivity contribution >= 4 is 23.2 Å². The van der Waals surface area contributed by atoms with Crippen molar-refractivity contribution in [2.75, 3.05) is 26.2 Å². The minimum atomic E-state index is -5.08. The van der Waals surface area contributed by atoms with Gasteiger partial charge in [-0.3, -0.25) is 9.69 Å². The number of piperidine rings is 1. The van der Waals surface area contributed by atoms with Gasteiger partial charge >= 0.3 is 12.1 Å². The molecule has 4 rings (SSSR count). The minimum Gasteiger partial charge on any atom is -0.475 e. The molecular weight excluding hydrogens is 435 g/mol. The topological polar surface area (TPSA) is 86.9 Å². The van der Waals surface area contributed by atoms with Gasteiger partial charge in [0, 0.05) is 36.5 Å². The Morgan fingerprint density at radius 2 is 2.03 bits per heavy atom. The van der Waals surface area contributed by atoms with E-state index in [2.05, 4.69) is 27.6 Å². The zero-order chi connectivity index (χ0) is 22.6. The zero-order valence-corrected chi connectivity index (χ0v) is 17.8. The summed E-state index contributed by atoms with van der Waals surface area (Å²) in [4.78, 5) is 27.6. The number of aromatic nitrogens is 1. The van der Waals surface area contributed by atoms with Gasteiger partial charge in [0.05, 0.1) is 6.20 Å². The summed E-state index contributed by atoms with van der Waals surface area (Å²) >= 11 is 1.83. The summed E-state index contributed by atoms with van der Waals surface area (Å²) in [5.41, 5.74) is 0.870. The maximum absolute atomic E-state index is 12.7. The van der Waals surface area contributed by atoms with Crippen molar-refractivity contribution in [2.45, 2.75) is 38.9 Å². The van der Waals surface area contributed by atoms with Gasteiger partial charge in [-0.2, -0.15) is 13.2 Å². The van der Waals surface area contributed by atoms with E-state index < -0.39 is 12.1 Å². The van der Waals surface area contributed by atoms with Gasteiger partial charge in [0.1, 0.15) is 11.3 Å². The van der Waals surface area contributed by atoms with Crippen molar-refractivity contribution in [3.8, 4) is 0 Å². The first-order valence-corrected chi connectivity index (χ1v) is 10.7. The van der Waals surface area contributed by atoms with E-state index in [0.717, 1.165) is 32.6 Å². The van der Waals surface area contributed by atoms with E-state index in [4.69, 9.17) is 14.4 Å². The van der Waals surface area contributed by atoms with Gasteiger partial charge in [-0.15, -0.1) is 11.3 Å². The number of amides is 1. The van der Waals surface area contributed by atoms with E-state index in [-0.39, 0.29) is 11.3 Å². The lowest BCUT2D eigenvalue weighted by Crippen LogP contribution is -2.44. The molecule has 7 nitrogen and oxygen atoms in total. The van der Waals surface area contributed by atoms with Gasteiger partial charge in [-0.05, 0) is 44.2 Å². The van der Waals surface area contributed by atoms with Crippen LogP contribution in [0.4, 0.5) is 13.2 Å². The number of rotatable bonds is 3. The maximum atomic E-state index is 12.7. The molecule has 1 amide bonds. The molecule has 2 aromatic heterocycles. The Labute approximate surface area is 181 Å². The maximum Gasteiger partial charge on any atom is 0.490 e. The van der Waals surface area contributed by atoms with E-state index in [9.17, 15) is 18.0 Å². The van der Waals surface area contributed by atoms with Crippen molar-refractivity contribution in [3.63, 3.8) is 0 Å². The number of aliphatic carboxylic acids is 1. The number of nitrogens with zero attached hydrogens (tertiary/aromatic N) is 3. The summed E-state index contributed by atoms with van der Waals surface area (Å²) in [6, 6.07) is 4.34. The quantitative estimate of drug-likeness (QED) is 0.751. The lowest BCUT2D eigenvalue weighted by atomic mass is 9.79. The Bertz CT molecular complexity index is 900. The number of carbonyl (C=O) groups excluding carboxylic acids is 1. The van der Waals surface area contributed by atoms with E-state index >= 15 is 0 Å². The fourth-order valence-electron chi connectivity index (χ4n) is 4.18. The number of carbonyl (C=O) groups is 2. The molecule has 0 saturated carbocycles. The lowest BCUT2D eigenvalue weighted by Gasteiger charge is -2.40. The number of hydrogen-bond donors (Lipinski definition) is 1. The third-order valence-corrected chi connectivity index (χ3v) is 6.51. The van der Waals surface area contributed by atoms with Crippen LogP contribution in [0.25, 0.3) is 0 Å². The van der Waals surface area contributed by atoms with Gasteiger partial charge in [-0.1, -0.05) is 11.2 Å². The number of hydrogen-bond acceptors (Lipinski definition) is 6. The molecule has 0 aromatic carbocycles. The average molecular weight is 459 g/mol. The average Bonchev–Trinajstić information content (AvgIpc) is 3.44. The van der Waals surface area contributed by atoms with E-state index in [1.165, 1.54) is 24.3 Å². The molecule has 2 fully saturated rings. The molecule has 31 heavy (non-hydrogen) atoms. The number of thiophene rings is 1. The van der Waals surface area contributed by atoms with Crippen molar-refractivity contribution in [3.05, 3.63) is 39.9 Å². The molecule has 2 aliphatic heterocycles. The largest absolute Gasteiger partial charge is 0.490 e. The molecule has 1 unspecified atom stereocenters. The SMILES string of the molecule is Cc1oncc1C(=O)N1CCC2(CCCN(Cc3cccs3)C2)C1.O=C(O)C(F)(F)F. The van der Waals surface area contributed by atoms with Crippen molar-refractivity contribution in [1.29, 1.82) is 0 Å². The molecule has 2 saturated heterocycles. The first kappa shape index (κ1) is 23.3. The molecule has 11 heteroatoms. The number of aryl methyl sites for hydroxylation is 1. The van der Waals surface area contributed by atoms with Gasteiger partial charge in [0.25, 0.3) is 5.91 Å². The van der Waals surface area contributed by atoms with Crippen LogP contribution in [0.2, 0.25) is 0 Å². The summed E-state index contributed by atoms with van der Waals surface area (Å²) < 4.78 is 36.8. The van der Waals surface area contributed by atoms with Gasteiger partial charge in [-0.25, -0.2) is 4.79 Å². The number of halogens is 3. The van der Waals surface area contributed by atoms with E-state index in [1.54, 1.807) is 13.1 Å². The zero-order valence-electron chi connectivity index (χ0n) is 17.0. The predicted octanol–water partition coefficient (Wildman–Crippen LogP) is 3.81. The van der Waals surface area contributed by atoms with Crippen molar-refractivity contribution in [2.24, 2.45) is 5.41 Å². The smallest absolute Gasteiger partial charge is 0.475 e. The number of alkyl halides is 3. The summed E-state index contributed by atoms with van der Waals surface area (Å²) in [6.07, 6.45) is 0.0106. The van der Waals surface area contributed by atoms with Crippen LogP contribution in [0.3, 0.4) is 0 Å². The lowest BCUT2D eigenvalue weighted by molar-refractivity contribution is -0.192. The van der Waals surface area contributed by atoms with Gasteiger partial charge in [0.15, 0.2) is 0 Å². The molecule has 2 aromatic rings. The van der Waals surface area contributed by atoms with Crippen LogP contribution in [-0.4, -0.2) is 64.3 Å².